The summed E-state index contributed by atoms with van der Waals surface area (Å²) in [5.41, 5.74) is 1.90. The molecular formula is C20H23NO4. The number of carbonyl (C=O) groups excluding carboxylic acids is 2. The van der Waals surface area contributed by atoms with Crippen molar-refractivity contribution in [2.75, 3.05) is 12.4 Å². The van der Waals surface area contributed by atoms with E-state index in [1.807, 2.05) is 24.3 Å². The van der Waals surface area contributed by atoms with E-state index in [2.05, 4.69) is 19.2 Å². The monoisotopic (exact) mass is 341 g/mol. The van der Waals surface area contributed by atoms with Gasteiger partial charge in [-0.2, -0.15) is 0 Å². The minimum absolute atomic E-state index is 0.298. The fourth-order valence-electron chi connectivity index (χ4n) is 2.30. The van der Waals surface area contributed by atoms with Crippen molar-refractivity contribution in [2.24, 2.45) is 0 Å². The molecule has 2 aromatic carbocycles. The predicted molar refractivity (Wildman–Crippen MR) is 97.0 cm³/mol. The molecule has 0 heterocycles. The average Bonchev–Trinajstić information content (AvgIpc) is 2.61. The minimum Gasteiger partial charge on any atom is -0.481 e. The highest BCUT2D eigenvalue weighted by Crippen LogP contribution is 2.20. The number of methoxy groups -OCH3 is 1. The number of para-hydroxylation sites is 1. The summed E-state index contributed by atoms with van der Waals surface area (Å²) in [6.07, 6.45) is -0.712. The van der Waals surface area contributed by atoms with E-state index in [1.165, 1.54) is 12.7 Å². The molecule has 5 nitrogen and oxygen atoms in total. The summed E-state index contributed by atoms with van der Waals surface area (Å²) in [5.74, 6) is 0.205. The van der Waals surface area contributed by atoms with E-state index in [1.54, 1.807) is 31.2 Å². The van der Waals surface area contributed by atoms with Crippen LogP contribution in [-0.4, -0.2) is 25.1 Å². The van der Waals surface area contributed by atoms with Gasteiger partial charge in [0, 0.05) is 0 Å². The second kappa shape index (κ2) is 8.33. The van der Waals surface area contributed by atoms with Crippen LogP contribution in [0.4, 0.5) is 5.69 Å². The molecule has 1 amide bonds. The maximum atomic E-state index is 12.4. The van der Waals surface area contributed by atoms with E-state index in [9.17, 15) is 9.59 Å². The van der Waals surface area contributed by atoms with E-state index in [0.29, 0.717) is 22.9 Å². The number of esters is 1. The standard InChI is InChI=1S/C20H23NO4/c1-13(2)15-9-11-16(12-10-15)25-14(3)19(22)21-18-8-6-5-7-17(18)20(23)24-4/h5-14H,1-4H3,(H,21,22)/t14-/m0/s1. The van der Waals surface area contributed by atoms with Crippen molar-refractivity contribution in [3.63, 3.8) is 0 Å². The molecule has 0 bridgehead atoms. The van der Waals surface area contributed by atoms with Gasteiger partial charge in [-0.25, -0.2) is 4.79 Å². The summed E-state index contributed by atoms with van der Waals surface area (Å²) in [7, 11) is 1.30. The van der Waals surface area contributed by atoms with Crippen LogP contribution in [0.3, 0.4) is 0 Å². The normalized spacial score (nSPS) is 11.7. The molecule has 0 saturated carbocycles. The number of hydrogen-bond donors (Lipinski definition) is 1. The number of nitrogens with one attached hydrogen (secondary N) is 1. The van der Waals surface area contributed by atoms with E-state index in [4.69, 9.17) is 9.47 Å². The zero-order valence-electron chi connectivity index (χ0n) is 14.9. The molecule has 0 radical (unpaired) electrons. The summed E-state index contributed by atoms with van der Waals surface area (Å²) in [6.45, 7) is 5.89. The molecule has 0 saturated heterocycles. The van der Waals surface area contributed by atoms with Crippen molar-refractivity contribution in [3.05, 3.63) is 59.7 Å². The molecule has 132 valence electrons. The van der Waals surface area contributed by atoms with Crippen LogP contribution in [0.1, 0.15) is 42.6 Å². The second-order valence-electron chi connectivity index (χ2n) is 6.01. The summed E-state index contributed by atoms with van der Waals surface area (Å²) in [6, 6.07) is 14.3. The van der Waals surface area contributed by atoms with Crippen molar-refractivity contribution in [1.29, 1.82) is 0 Å². The van der Waals surface area contributed by atoms with Crippen LogP contribution < -0.4 is 10.1 Å². The molecule has 0 unspecified atom stereocenters. The highest BCUT2D eigenvalue weighted by atomic mass is 16.5. The van der Waals surface area contributed by atoms with Crippen molar-refractivity contribution < 1.29 is 19.1 Å². The number of ether oxygens (including phenoxy) is 2. The maximum absolute atomic E-state index is 12.4. The molecule has 2 rings (SSSR count). The minimum atomic E-state index is -0.712. The number of rotatable bonds is 6. The van der Waals surface area contributed by atoms with Gasteiger partial charge in [0.05, 0.1) is 18.4 Å². The van der Waals surface area contributed by atoms with Gasteiger partial charge in [0.2, 0.25) is 0 Å². The van der Waals surface area contributed by atoms with E-state index >= 15 is 0 Å². The van der Waals surface area contributed by atoms with Gasteiger partial charge in [-0.15, -0.1) is 0 Å². The van der Waals surface area contributed by atoms with Crippen LogP contribution in [0.2, 0.25) is 0 Å². The molecule has 0 spiro atoms. The van der Waals surface area contributed by atoms with Crippen molar-refractivity contribution in [2.45, 2.75) is 32.8 Å². The lowest BCUT2D eigenvalue weighted by molar-refractivity contribution is -0.122. The fraction of sp³-hybridized carbons (Fsp3) is 0.300. The molecule has 25 heavy (non-hydrogen) atoms. The lowest BCUT2D eigenvalue weighted by Gasteiger charge is -2.16. The lowest BCUT2D eigenvalue weighted by atomic mass is 10.0. The molecular weight excluding hydrogens is 318 g/mol. The molecule has 0 aliphatic heterocycles. The molecule has 0 aromatic heterocycles. The van der Waals surface area contributed by atoms with Crippen LogP contribution >= 0.6 is 0 Å². The largest absolute Gasteiger partial charge is 0.481 e. The van der Waals surface area contributed by atoms with E-state index in [-0.39, 0.29) is 5.91 Å². The van der Waals surface area contributed by atoms with Gasteiger partial charge in [-0.3, -0.25) is 4.79 Å². The van der Waals surface area contributed by atoms with Crippen LogP contribution in [-0.2, 0) is 9.53 Å². The number of amides is 1. The zero-order valence-corrected chi connectivity index (χ0v) is 14.9. The number of benzene rings is 2. The highest BCUT2D eigenvalue weighted by molar-refractivity contribution is 6.02. The van der Waals surface area contributed by atoms with Crippen LogP contribution in [0.25, 0.3) is 0 Å². The summed E-state index contributed by atoms with van der Waals surface area (Å²) in [4.78, 5) is 24.1. The topological polar surface area (TPSA) is 64.6 Å². The van der Waals surface area contributed by atoms with Gasteiger partial charge in [-0.1, -0.05) is 38.1 Å². The summed E-state index contributed by atoms with van der Waals surface area (Å²) < 4.78 is 10.4. The molecule has 0 fully saturated rings. The Labute approximate surface area is 148 Å². The van der Waals surface area contributed by atoms with Gasteiger partial charge >= 0.3 is 5.97 Å². The first-order valence-corrected chi connectivity index (χ1v) is 8.17. The molecule has 1 N–H and O–H groups in total. The number of anilines is 1. The Balaban J connectivity index is 2.04. The van der Waals surface area contributed by atoms with Gasteiger partial charge < -0.3 is 14.8 Å². The van der Waals surface area contributed by atoms with Crippen LogP contribution in [0.5, 0.6) is 5.75 Å². The average molecular weight is 341 g/mol. The Bertz CT molecular complexity index is 738. The Morgan fingerprint density at radius 1 is 0.960 bits per heavy atom. The first kappa shape index (κ1) is 18.5. The quantitative estimate of drug-likeness (QED) is 0.807. The smallest absolute Gasteiger partial charge is 0.339 e. The Hall–Kier alpha value is -2.82. The van der Waals surface area contributed by atoms with Crippen LogP contribution in [0.15, 0.2) is 48.5 Å². The van der Waals surface area contributed by atoms with Gasteiger partial charge in [0.25, 0.3) is 5.91 Å². The predicted octanol–water partition coefficient (Wildman–Crippen LogP) is 4.00. The maximum Gasteiger partial charge on any atom is 0.339 e. The molecule has 2 aromatic rings. The van der Waals surface area contributed by atoms with Gasteiger partial charge in [0.1, 0.15) is 5.75 Å². The fourth-order valence-corrected chi connectivity index (χ4v) is 2.30. The SMILES string of the molecule is COC(=O)c1ccccc1NC(=O)[C@H](C)Oc1ccc(C(C)C)cc1. The molecule has 0 aliphatic rings. The third kappa shape index (κ3) is 4.83. The first-order chi connectivity index (χ1) is 11.9. The summed E-state index contributed by atoms with van der Waals surface area (Å²) in [5, 5.41) is 2.71. The van der Waals surface area contributed by atoms with Crippen molar-refractivity contribution in [1.82, 2.24) is 0 Å². The highest BCUT2D eigenvalue weighted by Gasteiger charge is 2.18. The van der Waals surface area contributed by atoms with E-state index < -0.39 is 12.1 Å². The molecule has 0 aliphatic carbocycles. The Kier molecular flexibility index (Phi) is 6.17. The first-order valence-electron chi connectivity index (χ1n) is 8.17. The zero-order chi connectivity index (χ0) is 18.4. The van der Waals surface area contributed by atoms with Crippen LogP contribution in [0, 0.1) is 0 Å². The second-order valence-corrected chi connectivity index (χ2v) is 6.01. The molecule has 1 atom stereocenters. The van der Waals surface area contributed by atoms with Gasteiger partial charge in [-0.05, 0) is 42.7 Å². The number of carbonyl (C=O) groups is 2. The Morgan fingerprint density at radius 3 is 2.20 bits per heavy atom. The number of hydrogen-bond acceptors (Lipinski definition) is 4. The van der Waals surface area contributed by atoms with Crippen molar-refractivity contribution >= 4 is 17.6 Å². The lowest BCUT2D eigenvalue weighted by Crippen LogP contribution is -2.30. The van der Waals surface area contributed by atoms with E-state index in [0.717, 1.165) is 0 Å². The third-order valence-electron chi connectivity index (χ3n) is 3.82. The molecule has 5 heteroatoms. The van der Waals surface area contributed by atoms with Gasteiger partial charge in [0.15, 0.2) is 6.10 Å². The Morgan fingerprint density at radius 2 is 1.60 bits per heavy atom. The van der Waals surface area contributed by atoms with Crippen molar-refractivity contribution in [3.8, 4) is 5.75 Å². The third-order valence-corrected chi connectivity index (χ3v) is 3.82. The summed E-state index contributed by atoms with van der Waals surface area (Å²) >= 11 is 0.